The fourth-order valence-electron chi connectivity index (χ4n) is 2.81. The zero-order valence-electron chi connectivity index (χ0n) is 13.6. The molecular formula is C21H14BrIrN3. The van der Waals surface area contributed by atoms with Gasteiger partial charge in [-0.15, -0.1) is 0 Å². The van der Waals surface area contributed by atoms with Crippen LogP contribution in [0.15, 0.2) is 89.9 Å². The van der Waals surface area contributed by atoms with Crippen molar-refractivity contribution in [3.05, 3.63) is 89.9 Å². The standard InChI is InChI=1S/C21H14BrN3.Ir/c22-17-9-7-15(8-10-17)20-19(6-3-12-24-20)21-18(5-2-13-25-21)16-4-1-11-23-14-16;/h1-14H;. The first-order valence-corrected chi connectivity index (χ1v) is 8.69. The minimum absolute atomic E-state index is 0. The van der Waals surface area contributed by atoms with Crippen LogP contribution in [-0.4, -0.2) is 15.0 Å². The summed E-state index contributed by atoms with van der Waals surface area (Å²) in [6, 6.07) is 20.2. The summed E-state index contributed by atoms with van der Waals surface area (Å²) in [5.41, 5.74) is 5.96. The number of halogens is 1. The van der Waals surface area contributed by atoms with E-state index < -0.39 is 0 Å². The molecule has 0 unspecified atom stereocenters. The molecule has 0 amide bonds. The first-order chi connectivity index (χ1) is 12.3. The molecule has 3 heterocycles. The summed E-state index contributed by atoms with van der Waals surface area (Å²) < 4.78 is 1.04. The molecule has 0 saturated carbocycles. The Morgan fingerprint density at radius 1 is 0.615 bits per heavy atom. The Labute approximate surface area is 174 Å². The summed E-state index contributed by atoms with van der Waals surface area (Å²) in [6.45, 7) is 0. The van der Waals surface area contributed by atoms with Crippen molar-refractivity contribution in [2.24, 2.45) is 0 Å². The molecule has 0 aliphatic rings. The molecule has 0 bridgehead atoms. The molecule has 3 nitrogen and oxygen atoms in total. The van der Waals surface area contributed by atoms with E-state index in [1.165, 1.54) is 0 Å². The van der Waals surface area contributed by atoms with Crippen LogP contribution in [0.25, 0.3) is 33.6 Å². The number of benzene rings is 1. The van der Waals surface area contributed by atoms with Crippen LogP contribution in [-0.2, 0) is 20.1 Å². The summed E-state index contributed by atoms with van der Waals surface area (Å²) in [5.74, 6) is 0. The third-order valence-electron chi connectivity index (χ3n) is 3.96. The molecule has 0 aliphatic heterocycles. The molecule has 0 saturated heterocycles. The number of nitrogens with zero attached hydrogens (tertiary/aromatic N) is 3. The van der Waals surface area contributed by atoms with Crippen molar-refractivity contribution >= 4 is 15.9 Å². The van der Waals surface area contributed by atoms with Gasteiger partial charge in [0.15, 0.2) is 0 Å². The fourth-order valence-corrected chi connectivity index (χ4v) is 3.07. The average Bonchev–Trinajstić information content (AvgIpc) is 2.69. The van der Waals surface area contributed by atoms with Crippen LogP contribution in [0.2, 0.25) is 0 Å². The molecule has 1 aromatic carbocycles. The van der Waals surface area contributed by atoms with E-state index in [9.17, 15) is 0 Å². The summed E-state index contributed by atoms with van der Waals surface area (Å²) in [7, 11) is 0. The third kappa shape index (κ3) is 3.80. The molecule has 0 spiro atoms. The van der Waals surface area contributed by atoms with E-state index in [2.05, 4.69) is 55.1 Å². The van der Waals surface area contributed by atoms with Gasteiger partial charge in [-0.25, -0.2) is 0 Å². The van der Waals surface area contributed by atoms with Crippen LogP contribution < -0.4 is 0 Å². The van der Waals surface area contributed by atoms with E-state index >= 15 is 0 Å². The first-order valence-electron chi connectivity index (χ1n) is 7.90. The fraction of sp³-hybridized carbons (Fsp3) is 0. The molecule has 26 heavy (non-hydrogen) atoms. The van der Waals surface area contributed by atoms with Gasteiger partial charge in [0.05, 0.1) is 11.4 Å². The van der Waals surface area contributed by atoms with Gasteiger partial charge in [-0.05, 0) is 36.4 Å². The summed E-state index contributed by atoms with van der Waals surface area (Å²) in [6.07, 6.45) is 7.26. The predicted octanol–water partition coefficient (Wildman–Crippen LogP) is 5.63. The smallest absolute Gasteiger partial charge is 0.0802 e. The SMILES string of the molecule is Brc1ccc(-c2ncccc2-c2ncccc2-c2cccnc2)cc1.[Ir]. The van der Waals surface area contributed by atoms with Gasteiger partial charge >= 0.3 is 0 Å². The Morgan fingerprint density at radius 3 is 1.96 bits per heavy atom. The van der Waals surface area contributed by atoms with Gasteiger partial charge in [0, 0.05) is 71.6 Å². The average molecular weight is 580 g/mol. The minimum Gasteiger partial charge on any atom is -0.264 e. The number of pyridine rings is 3. The zero-order valence-corrected chi connectivity index (χ0v) is 17.6. The summed E-state index contributed by atoms with van der Waals surface area (Å²) >= 11 is 3.48. The topological polar surface area (TPSA) is 38.7 Å². The van der Waals surface area contributed by atoms with Crippen molar-refractivity contribution in [3.8, 4) is 33.6 Å². The van der Waals surface area contributed by atoms with Crippen LogP contribution in [0.5, 0.6) is 0 Å². The van der Waals surface area contributed by atoms with Gasteiger partial charge < -0.3 is 0 Å². The Kier molecular flexibility index (Phi) is 6.04. The number of hydrogen-bond acceptors (Lipinski definition) is 3. The van der Waals surface area contributed by atoms with Crippen molar-refractivity contribution in [3.63, 3.8) is 0 Å². The Morgan fingerprint density at radius 2 is 1.27 bits per heavy atom. The van der Waals surface area contributed by atoms with Crippen LogP contribution in [0.3, 0.4) is 0 Å². The van der Waals surface area contributed by atoms with Crippen LogP contribution in [0.1, 0.15) is 0 Å². The second kappa shape index (κ2) is 8.45. The second-order valence-electron chi connectivity index (χ2n) is 5.55. The molecule has 0 N–H and O–H groups in total. The van der Waals surface area contributed by atoms with Gasteiger partial charge in [0.1, 0.15) is 0 Å². The van der Waals surface area contributed by atoms with Gasteiger partial charge in [-0.3, -0.25) is 15.0 Å². The monoisotopic (exact) mass is 580 g/mol. The molecule has 1 radical (unpaired) electrons. The number of hydrogen-bond donors (Lipinski definition) is 0. The van der Waals surface area contributed by atoms with Crippen molar-refractivity contribution in [2.45, 2.75) is 0 Å². The van der Waals surface area contributed by atoms with Gasteiger partial charge in [-0.1, -0.05) is 40.2 Å². The summed E-state index contributed by atoms with van der Waals surface area (Å²) in [5, 5.41) is 0. The van der Waals surface area contributed by atoms with Gasteiger partial charge in [0.2, 0.25) is 0 Å². The molecule has 0 atom stereocenters. The molecule has 3 aromatic heterocycles. The van der Waals surface area contributed by atoms with Crippen molar-refractivity contribution < 1.29 is 20.1 Å². The van der Waals surface area contributed by atoms with E-state index in [1.807, 2.05) is 55.0 Å². The van der Waals surface area contributed by atoms with E-state index in [4.69, 9.17) is 0 Å². The van der Waals surface area contributed by atoms with E-state index in [0.29, 0.717) is 0 Å². The molecule has 0 aliphatic carbocycles. The zero-order chi connectivity index (χ0) is 17.1. The maximum Gasteiger partial charge on any atom is 0.0802 e. The van der Waals surface area contributed by atoms with Crippen molar-refractivity contribution in [2.75, 3.05) is 0 Å². The summed E-state index contributed by atoms with van der Waals surface area (Å²) in [4.78, 5) is 13.5. The molecule has 4 rings (SSSR count). The Bertz CT molecular complexity index is 1000. The Hall–Kier alpha value is -2.20. The van der Waals surface area contributed by atoms with E-state index in [-0.39, 0.29) is 20.1 Å². The third-order valence-corrected chi connectivity index (χ3v) is 4.49. The van der Waals surface area contributed by atoms with Crippen LogP contribution >= 0.6 is 15.9 Å². The van der Waals surface area contributed by atoms with Gasteiger partial charge in [-0.2, -0.15) is 0 Å². The van der Waals surface area contributed by atoms with Crippen LogP contribution in [0.4, 0.5) is 0 Å². The maximum absolute atomic E-state index is 4.65. The molecule has 4 aromatic rings. The maximum atomic E-state index is 4.65. The van der Waals surface area contributed by atoms with Crippen molar-refractivity contribution in [1.82, 2.24) is 15.0 Å². The number of rotatable bonds is 3. The second-order valence-corrected chi connectivity index (χ2v) is 6.46. The molecule has 0 fully saturated rings. The minimum atomic E-state index is 0. The van der Waals surface area contributed by atoms with E-state index in [1.54, 1.807) is 6.20 Å². The normalized spacial score (nSPS) is 10.2. The predicted molar refractivity (Wildman–Crippen MR) is 104 cm³/mol. The largest absolute Gasteiger partial charge is 0.264 e. The Balaban J connectivity index is 0.00000196. The quantitative estimate of drug-likeness (QED) is 0.315. The molecule has 5 heteroatoms. The van der Waals surface area contributed by atoms with Crippen molar-refractivity contribution in [1.29, 1.82) is 0 Å². The van der Waals surface area contributed by atoms with Crippen LogP contribution in [0, 0.1) is 0 Å². The molecule has 129 valence electrons. The van der Waals surface area contributed by atoms with E-state index in [0.717, 1.165) is 38.1 Å². The first kappa shape index (κ1) is 18.6. The number of aromatic nitrogens is 3. The molecular weight excluding hydrogens is 566 g/mol. The van der Waals surface area contributed by atoms with Gasteiger partial charge in [0.25, 0.3) is 0 Å².